The van der Waals surface area contributed by atoms with Gasteiger partial charge in [-0.15, -0.1) is 0 Å². The standard InChI is InChI=1S/C13H21ClN2O/c1-9-7-11(14)8-12(13(9)17-4)16(3)6-5-10(2)15/h7-8,10H,5-6,15H2,1-4H3. The highest BCUT2D eigenvalue weighted by atomic mass is 35.5. The highest BCUT2D eigenvalue weighted by molar-refractivity contribution is 6.31. The molecule has 1 unspecified atom stereocenters. The Labute approximate surface area is 109 Å². The van der Waals surface area contributed by atoms with Crippen molar-refractivity contribution < 1.29 is 4.74 Å². The van der Waals surface area contributed by atoms with Crippen LogP contribution in [0.3, 0.4) is 0 Å². The van der Waals surface area contributed by atoms with E-state index in [0.29, 0.717) is 0 Å². The average molecular weight is 257 g/mol. The molecule has 0 heterocycles. The second kappa shape index (κ2) is 6.12. The topological polar surface area (TPSA) is 38.5 Å². The molecule has 2 N–H and O–H groups in total. The molecule has 0 saturated heterocycles. The first-order valence-electron chi connectivity index (χ1n) is 5.76. The van der Waals surface area contributed by atoms with Crippen molar-refractivity contribution in [3.8, 4) is 5.75 Å². The maximum atomic E-state index is 6.08. The van der Waals surface area contributed by atoms with Gasteiger partial charge in [0.25, 0.3) is 0 Å². The number of aryl methyl sites for hydroxylation is 1. The Morgan fingerprint density at radius 2 is 2.12 bits per heavy atom. The molecule has 3 nitrogen and oxygen atoms in total. The lowest BCUT2D eigenvalue weighted by Crippen LogP contribution is -2.26. The fraction of sp³-hybridized carbons (Fsp3) is 0.538. The van der Waals surface area contributed by atoms with Crippen LogP contribution in [0.2, 0.25) is 5.02 Å². The number of ether oxygens (including phenoxy) is 1. The van der Waals surface area contributed by atoms with Crippen LogP contribution in [-0.2, 0) is 0 Å². The summed E-state index contributed by atoms with van der Waals surface area (Å²) < 4.78 is 5.43. The maximum Gasteiger partial charge on any atom is 0.145 e. The second-order valence-electron chi connectivity index (χ2n) is 4.46. The minimum Gasteiger partial charge on any atom is -0.494 e. The van der Waals surface area contributed by atoms with Gasteiger partial charge in [0.2, 0.25) is 0 Å². The van der Waals surface area contributed by atoms with Gasteiger partial charge in [-0.3, -0.25) is 0 Å². The molecule has 0 radical (unpaired) electrons. The van der Waals surface area contributed by atoms with Crippen molar-refractivity contribution >= 4 is 17.3 Å². The van der Waals surface area contributed by atoms with Crippen LogP contribution in [0.15, 0.2) is 12.1 Å². The van der Waals surface area contributed by atoms with E-state index in [1.54, 1.807) is 7.11 Å². The summed E-state index contributed by atoms with van der Waals surface area (Å²) >= 11 is 6.08. The highest BCUT2D eigenvalue weighted by Crippen LogP contribution is 2.34. The number of halogens is 1. The van der Waals surface area contributed by atoms with Crippen molar-refractivity contribution in [1.82, 2.24) is 0 Å². The normalized spacial score (nSPS) is 12.4. The molecule has 0 aliphatic carbocycles. The predicted octanol–water partition coefficient (Wildman–Crippen LogP) is 2.83. The van der Waals surface area contributed by atoms with E-state index in [4.69, 9.17) is 22.1 Å². The van der Waals surface area contributed by atoms with Crippen LogP contribution >= 0.6 is 11.6 Å². The van der Waals surface area contributed by atoms with Crippen molar-refractivity contribution in [1.29, 1.82) is 0 Å². The Hall–Kier alpha value is -0.930. The van der Waals surface area contributed by atoms with E-state index in [1.807, 2.05) is 33.0 Å². The monoisotopic (exact) mass is 256 g/mol. The molecular weight excluding hydrogens is 236 g/mol. The van der Waals surface area contributed by atoms with Crippen molar-refractivity contribution in [2.45, 2.75) is 26.3 Å². The molecule has 1 aromatic carbocycles. The molecule has 1 atom stereocenters. The first kappa shape index (κ1) is 14.1. The summed E-state index contributed by atoms with van der Waals surface area (Å²) in [5.41, 5.74) is 7.82. The van der Waals surface area contributed by atoms with Crippen LogP contribution in [0.4, 0.5) is 5.69 Å². The molecule has 0 bridgehead atoms. The maximum absolute atomic E-state index is 6.08. The molecular formula is C13H21ClN2O. The molecule has 0 fully saturated rings. The SMILES string of the molecule is COc1c(C)cc(Cl)cc1N(C)CCC(C)N. The van der Waals surface area contributed by atoms with Crippen molar-refractivity contribution in [2.75, 3.05) is 25.6 Å². The zero-order chi connectivity index (χ0) is 13.0. The first-order valence-corrected chi connectivity index (χ1v) is 6.14. The van der Waals surface area contributed by atoms with Gasteiger partial charge in [-0.25, -0.2) is 0 Å². The third kappa shape index (κ3) is 3.79. The van der Waals surface area contributed by atoms with Crippen molar-refractivity contribution in [3.63, 3.8) is 0 Å². The molecule has 17 heavy (non-hydrogen) atoms. The number of nitrogens with two attached hydrogens (primary N) is 1. The number of hydrogen-bond acceptors (Lipinski definition) is 3. The molecule has 96 valence electrons. The Balaban J connectivity index is 2.95. The number of rotatable bonds is 5. The first-order chi connectivity index (χ1) is 7.95. The van der Waals surface area contributed by atoms with Gasteiger partial charge >= 0.3 is 0 Å². The lowest BCUT2D eigenvalue weighted by atomic mass is 10.1. The van der Waals surface area contributed by atoms with Crippen LogP contribution in [0, 0.1) is 6.92 Å². The lowest BCUT2D eigenvalue weighted by Gasteiger charge is -2.24. The predicted molar refractivity (Wildman–Crippen MR) is 74.3 cm³/mol. The summed E-state index contributed by atoms with van der Waals surface area (Å²) in [6.07, 6.45) is 0.936. The van der Waals surface area contributed by atoms with Gasteiger partial charge in [-0.05, 0) is 38.0 Å². The van der Waals surface area contributed by atoms with Gasteiger partial charge in [0, 0.05) is 24.7 Å². The fourth-order valence-corrected chi connectivity index (χ4v) is 2.05. The summed E-state index contributed by atoms with van der Waals surface area (Å²) in [7, 11) is 3.70. The summed E-state index contributed by atoms with van der Waals surface area (Å²) in [6.45, 7) is 4.88. The molecule has 0 amide bonds. The van der Waals surface area contributed by atoms with Gasteiger partial charge in [0.05, 0.1) is 12.8 Å². The number of anilines is 1. The molecule has 4 heteroatoms. The number of methoxy groups -OCH3 is 1. The van der Waals surface area contributed by atoms with Crippen LogP contribution in [0.5, 0.6) is 5.75 Å². The third-order valence-corrected chi connectivity index (χ3v) is 2.97. The van der Waals surface area contributed by atoms with E-state index in [-0.39, 0.29) is 6.04 Å². The smallest absolute Gasteiger partial charge is 0.145 e. The highest BCUT2D eigenvalue weighted by Gasteiger charge is 2.12. The summed E-state index contributed by atoms with van der Waals surface area (Å²) in [6, 6.07) is 4.03. The zero-order valence-corrected chi connectivity index (χ0v) is 11.7. The van der Waals surface area contributed by atoms with Gasteiger partial charge in [0.15, 0.2) is 0 Å². The van der Waals surface area contributed by atoms with E-state index in [0.717, 1.165) is 35.0 Å². The lowest BCUT2D eigenvalue weighted by molar-refractivity contribution is 0.411. The average Bonchev–Trinajstić information content (AvgIpc) is 2.24. The van der Waals surface area contributed by atoms with E-state index in [1.165, 1.54) is 0 Å². The quantitative estimate of drug-likeness (QED) is 0.881. The Morgan fingerprint density at radius 1 is 1.47 bits per heavy atom. The second-order valence-corrected chi connectivity index (χ2v) is 4.90. The fourth-order valence-electron chi connectivity index (χ4n) is 1.78. The molecule has 0 aromatic heterocycles. The van der Waals surface area contributed by atoms with Gasteiger partial charge in [0.1, 0.15) is 5.75 Å². The third-order valence-electron chi connectivity index (χ3n) is 2.76. The number of hydrogen-bond donors (Lipinski definition) is 1. The van der Waals surface area contributed by atoms with E-state index in [9.17, 15) is 0 Å². The Kier molecular flexibility index (Phi) is 5.09. The summed E-state index contributed by atoms with van der Waals surface area (Å²) in [5.74, 6) is 0.876. The van der Waals surface area contributed by atoms with E-state index >= 15 is 0 Å². The van der Waals surface area contributed by atoms with Gasteiger partial charge in [-0.2, -0.15) is 0 Å². The van der Waals surface area contributed by atoms with Crippen LogP contribution < -0.4 is 15.4 Å². The molecule has 1 aromatic rings. The molecule has 0 saturated carbocycles. The van der Waals surface area contributed by atoms with E-state index < -0.39 is 0 Å². The molecule has 1 rings (SSSR count). The van der Waals surface area contributed by atoms with Gasteiger partial charge in [-0.1, -0.05) is 11.6 Å². The molecule has 0 spiro atoms. The molecule has 0 aliphatic rings. The van der Waals surface area contributed by atoms with Crippen LogP contribution in [0.25, 0.3) is 0 Å². The number of benzene rings is 1. The largest absolute Gasteiger partial charge is 0.494 e. The summed E-state index contributed by atoms with van der Waals surface area (Å²) in [4.78, 5) is 2.13. The Morgan fingerprint density at radius 3 is 2.65 bits per heavy atom. The summed E-state index contributed by atoms with van der Waals surface area (Å²) in [5, 5.41) is 0.728. The van der Waals surface area contributed by atoms with E-state index in [2.05, 4.69) is 4.90 Å². The van der Waals surface area contributed by atoms with Crippen LogP contribution in [0.1, 0.15) is 18.9 Å². The van der Waals surface area contributed by atoms with Gasteiger partial charge < -0.3 is 15.4 Å². The van der Waals surface area contributed by atoms with Crippen molar-refractivity contribution in [3.05, 3.63) is 22.7 Å². The minimum absolute atomic E-state index is 0.198. The van der Waals surface area contributed by atoms with Crippen molar-refractivity contribution in [2.24, 2.45) is 5.73 Å². The Bertz CT molecular complexity index is 380. The zero-order valence-electron chi connectivity index (χ0n) is 11.0. The number of nitrogens with zero attached hydrogens (tertiary/aromatic N) is 1. The minimum atomic E-state index is 0.198. The van der Waals surface area contributed by atoms with Crippen LogP contribution in [-0.4, -0.2) is 26.7 Å². The molecule has 0 aliphatic heterocycles.